The zero-order valence-electron chi connectivity index (χ0n) is 14.9. The van der Waals surface area contributed by atoms with E-state index in [2.05, 4.69) is 0 Å². The Kier molecular flexibility index (Phi) is 5.51. The number of carbonyl (C=O) groups excluding carboxylic acids is 2. The molecule has 1 saturated heterocycles. The summed E-state index contributed by atoms with van der Waals surface area (Å²) in [5, 5.41) is 20.6. The predicted octanol–water partition coefficient (Wildman–Crippen LogP) is 4.27. The van der Waals surface area contributed by atoms with Crippen LogP contribution >= 0.6 is 11.6 Å². The van der Waals surface area contributed by atoms with Crippen LogP contribution in [0, 0.1) is 0 Å². The number of likely N-dealkylation sites (tertiary alicyclic amines) is 1. The lowest BCUT2D eigenvalue weighted by molar-refractivity contribution is -0.139. The molecule has 0 aliphatic carbocycles. The summed E-state index contributed by atoms with van der Waals surface area (Å²) in [5.41, 5.74) is 1.05. The van der Waals surface area contributed by atoms with E-state index in [0.717, 1.165) is 12.8 Å². The third-order valence-corrected chi connectivity index (χ3v) is 4.93. The highest BCUT2D eigenvalue weighted by Crippen LogP contribution is 2.41. The number of aliphatic hydroxyl groups excluding tert-OH is 1. The number of aliphatic hydroxyl groups is 1. The highest BCUT2D eigenvalue weighted by Gasteiger charge is 2.45. The molecule has 2 aromatic rings. The Morgan fingerprint density at radius 2 is 1.85 bits per heavy atom. The lowest BCUT2D eigenvalue weighted by Gasteiger charge is -2.25. The van der Waals surface area contributed by atoms with Gasteiger partial charge in [-0.15, -0.1) is 0 Å². The summed E-state index contributed by atoms with van der Waals surface area (Å²) in [4.78, 5) is 26.8. The number of rotatable bonds is 5. The van der Waals surface area contributed by atoms with Gasteiger partial charge >= 0.3 is 0 Å². The number of phenols is 1. The van der Waals surface area contributed by atoms with Gasteiger partial charge in [0, 0.05) is 12.1 Å². The molecule has 27 heavy (non-hydrogen) atoms. The molecule has 0 aromatic heterocycles. The summed E-state index contributed by atoms with van der Waals surface area (Å²) in [5.74, 6) is -1.67. The number of halogens is 1. The molecule has 0 bridgehead atoms. The van der Waals surface area contributed by atoms with E-state index in [9.17, 15) is 19.8 Å². The van der Waals surface area contributed by atoms with Crippen LogP contribution in [0.1, 0.15) is 36.9 Å². The fraction of sp³-hybridized carbons (Fsp3) is 0.238. The summed E-state index contributed by atoms with van der Waals surface area (Å²) in [6.07, 6.45) is 1.57. The molecular weight excluding hydrogens is 366 g/mol. The molecular formula is C21H20ClNO4. The average molecular weight is 386 g/mol. The number of unbranched alkanes of at least 4 members (excludes halogenated alkanes) is 1. The minimum absolute atomic E-state index is 0.0315. The maximum atomic E-state index is 12.7. The van der Waals surface area contributed by atoms with E-state index in [0.29, 0.717) is 17.7 Å². The first-order chi connectivity index (χ1) is 13.0. The van der Waals surface area contributed by atoms with Gasteiger partial charge in [-0.25, -0.2) is 0 Å². The van der Waals surface area contributed by atoms with Gasteiger partial charge in [-0.3, -0.25) is 9.59 Å². The lowest BCUT2D eigenvalue weighted by atomic mass is 9.95. The number of phenolic OH excluding ortho intramolecular Hbond substituents is 1. The first-order valence-corrected chi connectivity index (χ1v) is 9.15. The van der Waals surface area contributed by atoms with Gasteiger partial charge in [0.25, 0.3) is 11.7 Å². The van der Waals surface area contributed by atoms with Crippen molar-refractivity contribution in [2.45, 2.75) is 25.8 Å². The van der Waals surface area contributed by atoms with Crippen molar-refractivity contribution in [1.29, 1.82) is 0 Å². The molecule has 3 rings (SSSR count). The number of Topliss-reactive ketones (excluding diaryl/α,β-unsaturated/α-hetero) is 1. The minimum Gasteiger partial charge on any atom is -0.507 e. The Bertz CT molecular complexity index is 908. The predicted molar refractivity (Wildman–Crippen MR) is 103 cm³/mol. The van der Waals surface area contributed by atoms with E-state index in [1.54, 1.807) is 36.4 Å². The summed E-state index contributed by atoms with van der Waals surface area (Å²) >= 11 is 6.04. The second-order valence-electron chi connectivity index (χ2n) is 6.42. The molecule has 0 saturated carbocycles. The number of hydrogen-bond donors (Lipinski definition) is 2. The van der Waals surface area contributed by atoms with Crippen LogP contribution in [-0.2, 0) is 9.59 Å². The highest BCUT2D eigenvalue weighted by atomic mass is 35.5. The van der Waals surface area contributed by atoms with Crippen LogP contribution in [0.25, 0.3) is 5.76 Å². The quantitative estimate of drug-likeness (QED) is 0.457. The fourth-order valence-electron chi connectivity index (χ4n) is 3.23. The van der Waals surface area contributed by atoms with Crippen LogP contribution < -0.4 is 0 Å². The van der Waals surface area contributed by atoms with Gasteiger partial charge in [-0.05, 0) is 24.1 Å². The number of hydrogen-bond acceptors (Lipinski definition) is 4. The van der Waals surface area contributed by atoms with Gasteiger partial charge in [0.2, 0.25) is 0 Å². The average Bonchev–Trinajstić information content (AvgIpc) is 2.93. The van der Waals surface area contributed by atoms with Crippen molar-refractivity contribution in [3.05, 3.63) is 70.3 Å². The van der Waals surface area contributed by atoms with E-state index in [1.165, 1.54) is 17.0 Å². The van der Waals surface area contributed by atoms with Crippen molar-refractivity contribution in [3.8, 4) is 5.75 Å². The van der Waals surface area contributed by atoms with Crippen LogP contribution in [0.3, 0.4) is 0 Å². The van der Waals surface area contributed by atoms with Crippen LogP contribution in [-0.4, -0.2) is 33.3 Å². The summed E-state index contributed by atoms with van der Waals surface area (Å²) in [6.45, 7) is 2.38. The molecule has 5 nitrogen and oxygen atoms in total. The topological polar surface area (TPSA) is 77.8 Å². The second-order valence-corrected chi connectivity index (χ2v) is 6.83. The zero-order chi connectivity index (χ0) is 19.6. The van der Waals surface area contributed by atoms with Gasteiger partial charge in [-0.2, -0.15) is 0 Å². The number of amides is 1. The maximum absolute atomic E-state index is 12.7. The smallest absolute Gasteiger partial charge is 0.295 e. The molecule has 1 amide bonds. The lowest BCUT2D eigenvalue weighted by Crippen LogP contribution is -2.30. The largest absolute Gasteiger partial charge is 0.507 e. The van der Waals surface area contributed by atoms with Crippen molar-refractivity contribution in [2.24, 2.45) is 0 Å². The van der Waals surface area contributed by atoms with E-state index < -0.39 is 17.7 Å². The highest BCUT2D eigenvalue weighted by molar-refractivity contribution is 6.46. The Morgan fingerprint density at radius 1 is 1.15 bits per heavy atom. The monoisotopic (exact) mass is 385 g/mol. The molecule has 1 atom stereocenters. The number of aromatic hydroxyl groups is 1. The Labute approximate surface area is 162 Å². The van der Waals surface area contributed by atoms with Gasteiger partial charge in [-0.1, -0.05) is 61.3 Å². The van der Waals surface area contributed by atoms with E-state index in [-0.39, 0.29) is 22.1 Å². The van der Waals surface area contributed by atoms with Gasteiger partial charge in [0.1, 0.15) is 11.5 Å². The normalized spacial score (nSPS) is 18.9. The van der Waals surface area contributed by atoms with E-state index >= 15 is 0 Å². The fourth-order valence-corrected chi connectivity index (χ4v) is 3.42. The number of ketones is 1. The first-order valence-electron chi connectivity index (χ1n) is 8.78. The molecule has 6 heteroatoms. The standard InChI is InChI=1S/C21H20ClNO4/c1-2-3-11-23-18(14-9-10-16(24)15(22)12-14)17(20(26)21(23)27)19(25)13-7-5-4-6-8-13/h4-10,12,18,24-25H,2-3,11H2,1H3/b19-17-. The van der Waals surface area contributed by atoms with Crippen LogP contribution in [0.15, 0.2) is 54.1 Å². The SMILES string of the molecule is CCCCN1C(=O)C(=O)/C(=C(\O)c2ccccc2)C1c1ccc(O)c(Cl)c1. The van der Waals surface area contributed by atoms with E-state index in [4.69, 9.17) is 11.6 Å². The number of benzene rings is 2. The summed E-state index contributed by atoms with van der Waals surface area (Å²) in [6, 6.07) is 12.4. The molecule has 2 N–H and O–H groups in total. The summed E-state index contributed by atoms with van der Waals surface area (Å²) in [7, 11) is 0. The molecule has 2 aromatic carbocycles. The van der Waals surface area contributed by atoms with Gasteiger partial charge in [0.15, 0.2) is 0 Å². The Morgan fingerprint density at radius 3 is 2.48 bits per heavy atom. The first kappa shape index (κ1) is 19.0. The molecule has 1 aliphatic rings. The third kappa shape index (κ3) is 3.55. The van der Waals surface area contributed by atoms with Crippen molar-refractivity contribution in [2.75, 3.05) is 6.54 Å². The Balaban J connectivity index is 2.18. The summed E-state index contributed by atoms with van der Waals surface area (Å²) < 4.78 is 0. The molecule has 140 valence electrons. The number of nitrogens with zero attached hydrogens (tertiary/aromatic N) is 1. The zero-order valence-corrected chi connectivity index (χ0v) is 15.6. The molecule has 0 spiro atoms. The maximum Gasteiger partial charge on any atom is 0.295 e. The molecule has 1 unspecified atom stereocenters. The van der Waals surface area contributed by atoms with Gasteiger partial charge < -0.3 is 15.1 Å². The van der Waals surface area contributed by atoms with Crippen molar-refractivity contribution in [1.82, 2.24) is 4.90 Å². The molecule has 1 fully saturated rings. The van der Waals surface area contributed by atoms with Crippen molar-refractivity contribution < 1.29 is 19.8 Å². The molecule has 0 radical (unpaired) electrons. The van der Waals surface area contributed by atoms with Gasteiger partial charge in [0.05, 0.1) is 16.6 Å². The minimum atomic E-state index is -0.755. The van der Waals surface area contributed by atoms with Crippen LogP contribution in [0.2, 0.25) is 5.02 Å². The van der Waals surface area contributed by atoms with Crippen molar-refractivity contribution in [3.63, 3.8) is 0 Å². The van der Waals surface area contributed by atoms with Crippen LogP contribution in [0.4, 0.5) is 0 Å². The van der Waals surface area contributed by atoms with E-state index in [1.807, 2.05) is 6.92 Å². The Hall–Kier alpha value is -2.79. The molecule has 1 aliphatic heterocycles. The van der Waals surface area contributed by atoms with Crippen molar-refractivity contribution >= 4 is 29.1 Å². The third-order valence-electron chi connectivity index (χ3n) is 4.63. The molecule has 1 heterocycles. The number of carbonyl (C=O) groups is 2. The second kappa shape index (κ2) is 7.84. The van der Waals surface area contributed by atoms with Crippen LogP contribution in [0.5, 0.6) is 5.75 Å².